The van der Waals surface area contributed by atoms with Crippen molar-refractivity contribution in [1.29, 1.82) is 0 Å². The minimum atomic E-state index is -4.39. The fraction of sp³-hybridized carbons (Fsp3) is 0.458. The maximum atomic E-state index is 13.4. The molecule has 2 aromatic heterocycles. The van der Waals surface area contributed by atoms with Crippen LogP contribution in [0.1, 0.15) is 41.2 Å². The SMILES string of the molecule is Cc1nc(N[C@H](C)c2cccc(C(F)(F)F)c2C)c2cc(N3CCN(C)CC3)nc(C)c2n1. The molecule has 1 N–H and O–H groups in total. The Bertz CT molecular complexity index is 1170. The predicted molar refractivity (Wildman–Crippen MR) is 125 cm³/mol. The second kappa shape index (κ2) is 8.78. The lowest BCUT2D eigenvalue weighted by Gasteiger charge is -2.33. The van der Waals surface area contributed by atoms with Crippen molar-refractivity contribution < 1.29 is 13.2 Å². The average molecular weight is 459 g/mol. The molecule has 0 bridgehead atoms. The number of nitrogens with one attached hydrogen (secondary N) is 1. The summed E-state index contributed by atoms with van der Waals surface area (Å²) in [6.45, 7) is 10.8. The molecule has 0 unspecified atom stereocenters. The summed E-state index contributed by atoms with van der Waals surface area (Å²) in [7, 11) is 2.10. The molecule has 4 rings (SSSR count). The molecule has 1 aliphatic heterocycles. The third-order valence-electron chi connectivity index (χ3n) is 6.28. The van der Waals surface area contributed by atoms with Gasteiger partial charge in [-0.25, -0.2) is 15.0 Å². The van der Waals surface area contributed by atoms with Crippen LogP contribution >= 0.6 is 0 Å². The molecule has 1 aliphatic rings. The average Bonchev–Trinajstić information content (AvgIpc) is 2.74. The van der Waals surface area contributed by atoms with Gasteiger partial charge in [0, 0.05) is 31.6 Å². The highest BCUT2D eigenvalue weighted by molar-refractivity contribution is 5.92. The van der Waals surface area contributed by atoms with Crippen LogP contribution in [0, 0.1) is 20.8 Å². The van der Waals surface area contributed by atoms with Crippen LogP contribution in [0.15, 0.2) is 24.3 Å². The van der Waals surface area contributed by atoms with Gasteiger partial charge in [0.25, 0.3) is 0 Å². The van der Waals surface area contributed by atoms with Crippen molar-refractivity contribution in [2.75, 3.05) is 43.4 Å². The van der Waals surface area contributed by atoms with Crippen molar-refractivity contribution >= 4 is 22.5 Å². The molecule has 1 fully saturated rings. The lowest BCUT2D eigenvalue weighted by atomic mass is 9.97. The first-order valence-electron chi connectivity index (χ1n) is 11.1. The van der Waals surface area contributed by atoms with Crippen LogP contribution in [0.25, 0.3) is 10.9 Å². The van der Waals surface area contributed by atoms with Crippen molar-refractivity contribution in [3.63, 3.8) is 0 Å². The number of likely N-dealkylation sites (N-methyl/N-ethyl adjacent to an activating group) is 1. The molecule has 1 aromatic carbocycles. The van der Waals surface area contributed by atoms with Gasteiger partial charge in [-0.05, 0) is 58.0 Å². The minimum absolute atomic E-state index is 0.219. The number of hydrogen-bond acceptors (Lipinski definition) is 6. The fourth-order valence-corrected chi connectivity index (χ4v) is 4.40. The number of aryl methyl sites for hydroxylation is 2. The number of hydrogen-bond donors (Lipinski definition) is 1. The second-order valence-electron chi connectivity index (χ2n) is 8.76. The summed E-state index contributed by atoms with van der Waals surface area (Å²) in [5, 5.41) is 4.17. The summed E-state index contributed by atoms with van der Waals surface area (Å²) in [6.07, 6.45) is -4.39. The topological polar surface area (TPSA) is 57.2 Å². The molecular weight excluding hydrogens is 429 g/mol. The number of rotatable bonds is 4. The van der Waals surface area contributed by atoms with Crippen LogP contribution in [0.2, 0.25) is 0 Å². The Hall–Kier alpha value is -2.94. The number of pyridine rings is 1. The Balaban J connectivity index is 1.73. The summed E-state index contributed by atoms with van der Waals surface area (Å²) in [5.41, 5.74) is 1.74. The van der Waals surface area contributed by atoms with Gasteiger partial charge in [0.15, 0.2) is 0 Å². The van der Waals surface area contributed by atoms with Crippen LogP contribution in [0.5, 0.6) is 0 Å². The van der Waals surface area contributed by atoms with Gasteiger partial charge in [-0.1, -0.05) is 12.1 Å². The standard InChI is InChI=1S/C24H29F3N6/c1-14-18(7-6-8-20(14)24(25,26)27)15(2)29-23-19-13-21(33-11-9-32(5)10-12-33)28-16(3)22(19)30-17(4)31-23/h6-8,13,15H,9-12H2,1-5H3,(H,29,30,31)/t15-/m1/s1. The van der Waals surface area contributed by atoms with Crippen LogP contribution in [-0.4, -0.2) is 53.1 Å². The zero-order chi connectivity index (χ0) is 23.9. The van der Waals surface area contributed by atoms with Gasteiger partial charge in [-0.2, -0.15) is 13.2 Å². The molecule has 0 spiro atoms. The third kappa shape index (κ3) is 4.73. The summed E-state index contributed by atoms with van der Waals surface area (Å²) in [5.74, 6) is 2.05. The van der Waals surface area contributed by atoms with E-state index in [2.05, 4.69) is 32.1 Å². The Morgan fingerprint density at radius 2 is 1.70 bits per heavy atom. The normalized spacial score (nSPS) is 16.3. The third-order valence-corrected chi connectivity index (χ3v) is 6.28. The van der Waals surface area contributed by atoms with Crippen molar-refractivity contribution in [2.24, 2.45) is 0 Å². The molecule has 33 heavy (non-hydrogen) atoms. The molecule has 6 nitrogen and oxygen atoms in total. The van der Waals surface area contributed by atoms with E-state index in [1.165, 1.54) is 13.0 Å². The van der Waals surface area contributed by atoms with Crippen LogP contribution in [0.4, 0.5) is 24.8 Å². The molecule has 0 saturated carbocycles. The summed E-state index contributed by atoms with van der Waals surface area (Å²) in [4.78, 5) is 18.5. The molecule has 0 aliphatic carbocycles. The zero-order valence-corrected chi connectivity index (χ0v) is 19.6. The highest BCUT2D eigenvalue weighted by Crippen LogP contribution is 2.36. The van der Waals surface area contributed by atoms with E-state index < -0.39 is 11.7 Å². The zero-order valence-electron chi connectivity index (χ0n) is 19.6. The van der Waals surface area contributed by atoms with Crippen LogP contribution in [0.3, 0.4) is 0 Å². The lowest BCUT2D eigenvalue weighted by Crippen LogP contribution is -2.44. The number of fused-ring (bicyclic) bond motifs is 1. The number of nitrogens with zero attached hydrogens (tertiary/aromatic N) is 5. The molecule has 0 radical (unpaired) electrons. The van der Waals surface area contributed by atoms with Crippen molar-refractivity contribution in [1.82, 2.24) is 19.9 Å². The molecule has 1 atom stereocenters. The van der Waals surface area contributed by atoms with E-state index in [-0.39, 0.29) is 11.6 Å². The number of alkyl halides is 3. The van der Waals surface area contributed by atoms with E-state index in [9.17, 15) is 13.2 Å². The minimum Gasteiger partial charge on any atom is -0.363 e. The number of anilines is 2. The van der Waals surface area contributed by atoms with E-state index in [0.717, 1.165) is 54.7 Å². The number of halogens is 3. The van der Waals surface area contributed by atoms with E-state index in [1.807, 2.05) is 19.9 Å². The quantitative estimate of drug-likeness (QED) is 0.601. The Morgan fingerprint density at radius 3 is 2.36 bits per heavy atom. The molecule has 9 heteroatoms. The van der Waals surface area contributed by atoms with E-state index in [4.69, 9.17) is 4.98 Å². The first kappa shape index (κ1) is 23.2. The highest BCUT2D eigenvalue weighted by Gasteiger charge is 2.33. The van der Waals surface area contributed by atoms with Gasteiger partial charge >= 0.3 is 6.18 Å². The Labute approximate surface area is 191 Å². The van der Waals surface area contributed by atoms with Crippen LogP contribution < -0.4 is 10.2 Å². The summed E-state index contributed by atoms with van der Waals surface area (Å²) < 4.78 is 40.2. The summed E-state index contributed by atoms with van der Waals surface area (Å²) in [6, 6.07) is 5.90. The Kier molecular flexibility index (Phi) is 6.18. The van der Waals surface area contributed by atoms with Gasteiger partial charge < -0.3 is 15.1 Å². The van der Waals surface area contributed by atoms with Gasteiger partial charge in [0.2, 0.25) is 0 Å². The van der Waals surface area contributed by atoms with E-state index in [0.29, 0.717) is 17.2 Å². The van der Waals surface area contributed by atoms with Gasteiger partial charge in [0.05, 0.1) is 22.8 Å². The second-order valence-corrected chi connectivity index (χ2v) is 8.76. The Morgan fingerprint density at radius 1 is 1.00 bits per heavy atom. The maximum Gasteiger partial charge on any atom is 0.416 e. The van der Waals surface area contributed by atoms with E-state index in [1.54, 1.807) is 13.0 Å². The summed E-state index contributed by atoms with van der Waals surface area (Å²) >= 11 is 0. The largest absolute Gasteiger partial charge is 0.416 e. The van der Waals surface area contributed by atoms with Crippen molar-refractivity contribution in [2.45, 2.75) is 39.9 Å². The number of aromatic nitrogens is 3. The number of piperazine rings is 1. The fourth-order valence-electron chi connectivity index (χ4n) is 4.40. The molecular formula is C24H29F3N6. The molecule has 176 valence electrons. The molecule has 1 saturated heterocycles. The molecule has 0 amide bonds. The molecule has 3 heterocycles. The van der Waals surface area contributed by atoms with Crippen molar-refractivity contribution in [3.8, 4) is 0 Å². The monoisotopic (exact) mass is 458 g/mol. The smallest absolute Gasteiger partial charge is 0.363 e. The van der Waals surface area contributed by atoms with Crippen molar-refractivity contribution in [3.05, 3.63) is 52.5 Å². The molecule has 3 aromatic rings. The van der Waals surface area contributed by atoms with Gasteiger partial charge in [-0.3, -0.25) is 0 Å². The van der Waals surface area contributed by atoms with Gasteiger partial charge in [0.1, 0.15) is 17.5 Å². The lowest BCUT2D eigenvalue weighted by molar-refractivity contribution is -0.138. The first-order chi connectivity index (χ1) is 15.5. The first-order valence-corrected chi connectivity index (χ1v) is 11.1. The predicted octanol–water partition coefficient (Wildman–Crippen LogP) is 4.89. The highest BCUT2D eigenvalue weighted by atomic mass is 19.4. The van der Waals surface area contributed by atoms with Crippen LogP contribution in [-0.2, 0) is 6.18 Å². The van der Waals surface area contributed by atoms with E-state index >= 15 is 0 Å². The maximum absolute atomic E-state index is 13.4. The van der Waals surface area contributed by atoms with Gasteiger partial charge in [-0.15, -0.1) is 0 Å². The number of benzene rings is 1.